The standard InChI is InChI=1S/C28H37N5O3/c1-4-24-23(27-30-18(2)15-19(3)33(27)31-24)16-20-5-7-22(8-6-20)36-17-21-10-13-32(14-11-21)28(35)26-25(34)9-12-29-26/h5-8,15,21,25-26,29,34H,4,9-14,16-17H2,1-3H3/t25-,26+/m1/s1. The maximum atomic E-state index is 12.7. The number of aromatic nitrogens is 3. The molecule has 1 aromatic carbocycles. The summed E-state index contributed by atoms with van der Waals surface area (Å²) in [6.45, 7) is 9.05. The molecule has 2 atom stereocenters. The van der Waals surface area contributed by atoms with E-state index < -0.39 is 12.1 Å². The SMILES string of the molecule is CCc1nn2c(C)cc(C)nc2c1Cc1ccc(OCC2CCN(C(=O)[C@H]3NCC[C@H]3O)CC2)cc1. The molecule has 0 aliphatic carbocycles. The highest BCUT2D eigenvalue weighted by Gasteiger charge is 2.35. The minimum Gasteiger partial charge on any atom is -0.493 e. The Morgan fingerprint density at radius 2 is 1.92 bits per heavy atom. The largest absolute Gasteiger partial charge is 0.493 e. The van der Waals surface area contributed by atoms with E-state index in [9.17, 15) is 9.90 Å². The molecule has 2 aliphatic heterocycles. The van der Waals surface area contributed by atoms with Crippen molar-refractivity contribution in [2.45, 2.75) is 65.0 Å². The number of ether oxygens (including phenoxy) is 1. The van der Waals surface area contributed by atoms with Crippen molar-refractivity contribution >= 4 is 11.6 Å². The fraction of sp³-hybridized carbons (Fsp3) is 0.536. The van der Waals surface area contributed by atoms with Gasteiger partial charge in [-0.25, -0.2) is 9.50 Å². The molecule has 2 N–H and O–H groups in total. The molecule has 192 valence electrons. The number of nitrogens with zero attached hydrogens (tertiary/aromatic N) is 4. The Hall–Kier alpha value is -2.97. The quantitative estimate of drug-likeness (QED) is 0.528. The summed E-state index contributed by atoms with van der Waals surface area (Å²) in [6.07, 6.45) is 3.60. The number of rotatable bonds is 7. The first-order chi connectivity index (χ1) is 17.4. The average molecular weight is 492 g/mol. The van der Waals surface area contributed by atoms with Crippen LogP contribution in [0.4, 0.5) is 0 Å². The van der Waals surface area contributed by atoms with E-state index in [1.165, 1.54) is 11.1 Å². The first-order valence-electron chi connectivity index (χ1n) is 13.2. The van der Waals surface area contributed by atoms with E-state index in [0.717, 1.165) is 67.3 Å². The summed E-state index contributed by atoms with van der Waals surface area (Å²) in [5.74, 6) is 1.34. The van der Waals surface area contributed by atoms with E-state index in [2.05, 4.69) is 37.4 Å². The van der Waals surface area contributed by atoms with E-state index in [0.29, 0.717) is 25.5 Å². The molecular formula is C28H37N5O3. The minimum absolute atomic E-state index is 0.0351. The number of carbonyl (C=O) groups excluding carboxylic acids is 1. The summed E-state index contributed by atoms with van der Waals surface area (Å²) in [7, 11) is 0. The normalized spacial score (nSPS) is 20.8. The zero-order chi connectivity index (χ0) is 25.2. The van der Waals surface area contributed by atoms with Crippen LogP contribution in [0.2, 0.25) is 0 Å². The smallest absolute Gasteiger partial charge is 0.242 e. The highest BCUT2D eigenvalue weighted by Crippen LogP contribution is 2.24. The number of hydrogen-bond acceptors (Lipinski definition) is 6. The van der Waals surface area contributed by atoms with Crippen LogP contribution in [0.25, 0.3) is 5.65 Å². The van der Waals surface area contributed by atoms with E-state index in [4.69, 9.17) is 14.8 Å². The van der Waals surface area contributed by atoms with Gasteiger partial charge in [0.05, 0.1) is 18.4 Å². The number of benzene rings is 1. The van der Waals surface area contributed by atoms with Gasteiger partial charge in [-0.3, -0.25) is 4.79 Å². The zero-order valence-electron chi connectivity index (χ0n) is 21.5. The first kappa shape index (κ1) is 24.7. The number of carbonyl (C=O) groups is 1. The third-order valence-corrected chi connectivity index (χ3v) is 7.58. The van der Waals surface area contributed by atoms with Crippen molar-refractivity contribution in [2.24, 2.45) is 5.92 Å². The predicted molar refractivity (Wildman–Crippen MR) is 138 cm³/mol. The number of nitrogens with one attached hydrogen (secondary N) is 1. The zero-order valence-corrected chi connectivity index (χ0v) is 21.5. The maximum absolute atomic E-state index is 12.7. The number of amides is 1. The van der Waals surface area contributed by atoms with Crippen molar-refractivity contribution in [3.05, 3.63) is 58.5 Å². The van der Waals surface area contributed by atoms with Gasteiger partial charge >= 0.3 is 0 Å². The molecule has 36 heavy (non-hydrogen) atoms. The maximum Gasteiger partial charge on any atom is 0.242 e. The molecule has 8 heteroatoms. The average Bonchev–Trinajstić information content (AvgIpc) is 3.47. The molecule has 5 rings (SSSR count). The minimum atomic E-state index is -0.563. The summed E-state index contributed by atoms with van der Waals surface area (Å²) in [5, 5.41) is 17.9. The third-order valence-electron chi connectivity index (χ3n) is 7.58. The van der Waals surface area contributed by atoms with E-state index in [1.807, 2.05) is 28.5 Å². The Bertz CT molecular complexity index is 1210. The lowest BCUT2D eigenvalue weighted by atomic mass is 9.97. The van der Waals surface area contributed by atoms with Gasteiger partial charge in [0.15, 0.2) is 5.65 Å². The van der Waals surface area contributed by atoms with E-state index in [1.54, 1.807) is 0 Å². The van der Waals surface area contributed by atoms with Crippen molar-refractivity contribution in [1.29, 1.82) is 0 Å². The monoisotopic (exact) mass is 491 g/mol. The van der Waals surface area contributed by atoms with Crippen molar-refractivity contribution in [1.82, 2.24) is 24.8 Å². The fourth-order valence-electron chi connectivity index (χ4n) is 5.45. The Morgan fingerprint density at radius 1 is 1.17 bits per heavy atom. The van der Waals surface area contributed by atoms with Crippen LogP contribution >= 0.6 is 0 Å². The van der Waals surface area contributed by atoms with Gasteiger partial charge in [0.1, 0.15) is 11.8 Å². The van der Waals surface area contributed by atoms with Crippen molar-refractivity contribution in [3.8, 4) is 5.75 Å². The number of fused-ring (bicyclic) bond motifs is 1. The van der Waals surface area contributed by atoms with Crippen LogP contribution in [0.3, 0.4) is 0 Å². The number of aryl methyl sites for hydroxylation is 3. The summed E-state index contributed by atoms with van der Waals surface area (Å²) in [5.41, 5.74) is 6.56. The molecule has 1 amide bonds. The Kier molecular flexibility index (Phi) is 7.25. The van der Waals surface area contributed by atoms with Crippen LogP contribution in [0.5, 0.6) is 5.75 Å². The highest BCUT2D eigenvalue weighted by molar-refractivity contribution is 5.83. The molecule has 2 aliphatic rings. The molecule has 0 radical (unpaired) electrons. The molecule has 4 heterocycles. The van der Waals surface area contributed by atoms with Gasteiger partial charge < -0.3 is 20.1 Å². The van der Waals surface area contributed by atoms with Crippen LogP contribution in [-0.2, 0) is 17.6 Å². The third kappa shape index (κ3) is 5.11. The van der Waals surface area contributed by atoms with Crippen molar-refractivity contribution in [3.63, 3.8) is 0 Å². The Labute approximate surface area is 212 Å². The molecule has 3 aromatic rings. The molecule has 2 saturated heterocycles. The fourth-order valence-corrected chi connectivity index (χ4v) is 5.45. The van der Waals surface area contributed by atoms with Gasteiger partial charge in [0, 0.05) is 36.5 Å². The summed E-state index contributed by atoms with van der Waals surface area (Å²) in [4.78, 5) is 19.3. The van der Waals surface area contributed by atoms with Gasteiger partial charge in [-0.1, -0.05) is 19.1 Å². The lowest BCUT2D eigenvalue weighted by Crippen LogP contribution is -2.50. The summed E-state index contributed by atoms with van der Waals surface area (Å²) >= 11 is 0. The number of aliphatic hydroxyl groups excluding tert-OH is 1. The van der Waals surface area contributed by atoms with Crippen molar-refractivity contribution in [2.75, 3.05) is 26.2 Å². The van der Waals surface area contributed by atoms with Crippen LogP contribution in [0.1, 0.15) is 54.4 Å². The second-order valence-corrected chi connectivity index (χ2v) is 10.2. The second kappa shape index (κ2) is 10.6. The molecule has 0 unspecified atom stereocenters. The number of likely N-dealkylation sites (tertiary alicyclic amines) is 1. The van der Waals surface area contributed by atoms with Crippen LogP contribution in [0, 0.1) is 19.8 Å². The Morgan fingerprint density at radius 3 is 2.58 bits per heavy atom. The summed E-state index contributed by atoms with van der Waals surface area (Å²) < 4.78 is 8.07. The van der Waals surface area contributed by atoms with Gasteiger partial charge in [0.25, 0.3) is 0 Å². The number of hydrogen-bond donors (Lipinski definition) is 2. The van der Waals surface area contributed by atoms with Crippen LogP contribution in [0.15, 0.2) is 30.3 Å². The Balaban J connectivity index is 1.15. The van der Waals surface area contributed by atoms with Crippen LogP contribution in [-0.4, -0.2) is 68.9 Å². The topological polar surface area (TPSA) is 92.0 Å². The number of aliphatic hydroxyl groups is 1. The van der Waals surface area contributed by atoms with Gasteiger partial charge in [0.2, 0.25) is 5.91 Å². The second-order valence-electron chi connectivity index (χ2n) is 10.2. The van der Waals surface area contributed by atoms with Crippen LogP contribution < -0.4 is 10.1 Å². The lowest BCUT2D eigenvalue weighted by molar-refractivity contribution is -0.136. The molecule has 2 fully saturated rings. The van der Waals surface area contributed by atoms with Crippen molar-refractivity contribution < 1.29 is 14.6 Å². The molecule has 0 spiro atoms. The molecule has 8 nitrogen and oxygen atoms in total. The van der Waals surface area contributed by atoms with E-state index in [-0.39, 0.29) is 5.91 Å². The van der Waals surface area contributed by atoms with E-state index >= 15 is 0 Å². The molecular weight excluding hydrogens is 454 g/mol. The lowest BCUT2D eigenvalue weighted by Gasteiger charge is -2.34. The first-order valence-corrected chi connectivity index (χ1v) is 13.2. The van der Waals surface area contributed by atoms with Gasteiger partial charge in [-0.15, -0.1) is 0 Å². The molecule has 0 bridgehead atoms. The molecule has 2 aromatic heterocycles. The molecule has 0 saturated carbocycles. The highest BCUT2D eigenvalue weighted by atomic mass is 16.5. The number of piperidine rings is 1. The van der Waals surface area contributed by atoms with Gasteiger partial charge in [-0.05, 0) is 75.8 Å². The van der Waals surface area contributed by atoms with Gasteiger partial charge in [-0.2, -0.15) is 5.10 Å². The summed E-state index contributed by atoms with van der Waals surface area (Å²) in [6, 6.07) is 9.97. The predicted octanol–water partition coefficient (Wildman–Crippen LogP) is 2.84.